The highest BCUT2D eigenvalue weighted by molar-refractivity contribution is 5.79. The van der Waals surface area contributed by atoms with Crippen LogP contribution in [-0.4, -0.2) is 53.6 Å². The number of benzene rings is 1. The Labute approximate surface area is 134 Å². The van der Waals surface area contributed by atoms with E-state index >= 15 is 0 Å². The third-order valence-corrected chi connectivity index (χ3v) is 3.67. The minimum atomic E-state index is -0.724. The lowest BCUT2D eigenvalue weighted by atomic mass is 10.1. The lowest BCUT2D eigenvalue weighted by Crippen LogP contribution is -2.48. The van der Waals surface area contributed by atoms with E-state index in [1.165, 1.54) is 23.2 Å². The average Bonchev–Trinajstić information content (AvgIpc) is 2.86. The summed E-state index contributed by atoms with van der Waals surface area (Å²) in [6.07, 6.45) is 1.48. The van der Waals surface area contributed by atoms with Crippen molar-refractivity contribution in [2.45, 2.75) is 19.4 Å². The fourth-order valence-corrected chi connectivity index (χ4v) is 2.26. The van der Waals surface area contributed by atoms with Crippen LogP contribution in [0.3, 0.4) is 0 Å². The van der Waals surface area contributed by atoms with Gasteiger partial charge < -0.3 is 14.7 Å². The maximum atomic E-state index is 13.1. The average molecular weight is 321 g/mol. The number of amides is 2. The van der Waals surface area contributed by atoms with Crippen molar-refractivity contribution < 1.29 is 19.0 Å². The second-order valence-corrected chi connectivity index (χ2v) is 5.95. The standard InChI is InChI=1S/C16H20FN3O3/c1-16(2)9-23-10-20(16)15(22)19(4)8-13(18-3)11-5-6-12(17)14(21)7-11/h5-8,21H,3,9-10H2,1-2,4H3/b13-8-. The molecule has 0 aromatic heterocycles. The molecule has 0 unspecified atom stereocenters. The smallest absolute Gasteiger partial charge is 0.326 e. The van der Waals surface area contributed by atoms with Crippen molar-refractivity contribution in [2.24, 2.45) is 4.99 Å². The highest BCUT2D eigenvalue weighted by Gasteiger charge is 2.37. The number of urea groups is 1. The molecule has 124 valence electrons. The zero-order chi connectivity index (χ0) is 17.2. The van der Waals surface area contributed by atoms with Gasteiger partial charge in [-0.2, -0.15) is 0 Å². The van der Waals surface area contributed by atoms with Gasteiger partial charge in [-0.1, -0.05) is 0 Å². The summed E-state index contributed by atoms with van der Waals surface area (Å²) in [5, 5.41) is 9.46. The Kier molecular flexibility index (Phi) is 4.70. The van der Waals surface area contributed by atoms with Crippen LogP contribution in [0.1, 0.15) is 19.4 Å². The van der Waals surface area contributed by atoms with Gasteiger partial charge in [0.05, 0.1) is 17.8 Å². The lowest BCUT2D eigenvalue weighted by molar-refractivity contribution is 0.125. The third-order valence-electron chi connectivity index (χ3n) is 3.67. The van der Waals surface area contributed by atoms with Crippen molar-refractivity contribution in [2.75, 3.05) is 20.4 Å². The van der Waals surface area contributed by atoms with E-state index in [-0.39, 0.29) is 12.8 Å². The van der Waals surface area contributed by atoms with Crippen LogP contribution in [0.15, 0.2) is 29.4 Å². The van der Waals surface area contributed by atoms with Crippen LogP contribution in [-0.2, 0) is 4.74 Å². The molecule has 1 aromatic rings. The van der Waals surface area contributed by atoms with E-state index in [0.717, 1.165) is 6.07 Å². The van der Waals surface area contributed by atoms with E-state index in [0.29, 0.717) is 17.9 Å². The number of ether oxygens (including phenoxy) is 1. The first-order valence-corrected chi connectivity index (χ1v) is 7.06. The van der Waals surface area contributed by atoms with Crippen molar-refractivity contribution in [3.63, 3.8) is 0 Å². The van der Waals surface area contributed by atoms with Crippen LogP contribution >= 0.6 is 0 Å². The number of nitrogens with zero attached hydrogens (tertiary/aromatic N) is 3. The number of aliphatic imine (C=N–C) groups is 1. The van der Waals surface area contributed by atoms with Crippen LogP contribution in [0.5, 0.6) is 5.75 Å². The molecular formula is C16H20FN3O3. The van der Waals surface area contributed by atoms with Crippen LogP contribution in [0.2, 0.25) is 0 Å². The molecule has 1 aromatic carbocycles. The maximum absolute atomic E-state index is 13.1. The maximum Gasteiger partial charge on any atom is 0.326 e. The van der Waals surface area contributed by atoms with Crippen molar-refractivity contribution in [1.82, 2.24) is 9.80 Å². The zero-order valence-corrected chi connectivity index (χ0v) is 13.4. The van der Waals surface area contributed by atoms with E-state index in [9.17, 15) is 14.3 Å². The second kappa shape index (κ2) is 6.37. The summed E-state index contributed by atoms with van der Waals surface area (Å²) in [4.78, 5) is 19.3. The molecule has 0 spiro atoms. The van der Waals surface area contributed by atoms with Gasteiger partial charge in [-0.15, -0.1) is 0 Å². The third kappa shape index (κ3) is 3.50. The lowest BCUT2D eigenvalue weighted by Gasteiger charge is -2.31. The minimum absolute atomic E-state index is 0.220. The highest BCUT2D eigenvalue weighted by atomic mass is 19.1. The number of aromatic hydroxyl groups is 1. The summed E-state index contributed by atoms with van der Waals surface area (Å²) in [5.41, 5.74) is 0.402. The minimum Gasteiger partial charge on any atom is -0.505 e. The molecule has 7 heteroatoms. The predicted molar refractivity (Wildman–Crippen MR) is 85.5 cm³/mol. The zero-order valence-electron chi connectivity index (χ0n) is 13.4. The quantitative estimate of drug-likeness (QED) is 0.871. The fourth-order valence-electron chi connectivity index (χ4n) is 2.26. The van der Waals surface area contributed by atoms with Gasteiger partial charge in [0.1, 0.15) is 6.73 Å². The number of halogens is 1. The Morgan fingerprint density at radius 3 is 2.78 bits per heavy atom. The van der Waals surface area contributed by atoms with Crippen LogP contribution in [0, 0.1) is 5.82 Å². The van der Waals surface area contributed by atoms with Gasteiger partial charge in [0.2, 0.25) is 0 Å². The number of hydrogen-bond donors (Lipinski definition) is 1. The number of hydrogen-bond acceptors (Lipinski definition) is 4. The summed E-state index contributed by atoms with van der Waals surface area (Å²) in [5.74, 6) is -1.21. The molecule has 1 N–H and O–H groups in total. The summed E-state index contributed by atoms with van der Waals surface area (Å²) in [6, 6.07) is 3.57. The molecule has 6 nitrogen and oxygen atoms in total. The van der Waals surface area contributed by atoms with Crippen molar-refractivity contribution in [1.29, 1.82) is 0 Å². The van der Waals surface area contributed by atoms with Gasteiger partial charge in [0.15, 0.2) is 11.6 Å². The van der Waals surface area contributed by atoms with E-state index in [1.807, 2.05) is 13.8 Å². The first-order chi connectivity index (χ1) is 10.8. The molecule has 2 amide bonds. The van der Waals surface area contributed by atoms with E-state index in [1.54, 1.807) is 11.9 Å². The Balaban J connectivity index is 2.24. The highest BCUT2D eigenvalue weighted by Crippen LogP contribution is 2.25. The Hall–Kier alpha value is -2.41. The molecule has 1 aliphatic heterocycles. The second-order valence-electron chi connectivity index (χ2n) is 5.95. The predicted octanol–water partition coefficient (Wildman–Crippen LogP) is 2.65. The fraction of sp³-hybridized carbons (Fsp3) is 0.375. The summed E-state index contributed by atoms with van der Waals surface area (Å²) < 4.78 is 18.5. The number of phenolic OH excluding ortho intramolecular Hbond substituents is 1. The SMILES string of the molecule is C=N/C(=C\N(C)C(=O)N1COCC1(C)C)c1ccc(F)c(O)c1. The first kappa shape index (κ1) is 17.0. The monoisotopic (exact) mass is 321 g/mol. The van der Waals surface area contributed by atoms with Crippen LogP contribution in [0.4, 0.5) is 9.18 Å². The summed E-state index contributed by atoms with van der Waals surface area (Å²) in [6.45, 7) is 7.98. The Morgan fingerprint density at radius 2 is 2.26 bits per heavy atom. The van der Waals surface area contributed by atoms with Crippen LogP contribution < -0.4 is 0 Å². The summed E-state index contributed by atoms with van der Waals surface area (Å²) in [7, 11) is 1.59. The molecule has 1 saturated heterocycles. The molecule has 0 atom stereocenters. The largest absolute Gasteiger partial charge is 0.505 e. The topological polar surface area (TPSA) is 65.4 Å². The van der Waals surface area contributed by atoms with Gasteiger partial charge in [0.25, 0.3) is 0 Å². The molecule has 23 heavy (non-hydrogen) atoms. The van der Waals surface area contributed by atoms with Gasteiger partial charge in [0, 0.05) is 18.8 Å². The van der Waals surface area contributed by atoms with E-state index in [2.05, 4.69) is 11.7 Å². The van der Waals surface area contributed by atoms with Crippen molar-refractivity contribution in [3.05, 3.63) is 35.8 Å². The van der Waals surface area contributed by atoms with Gasteiger partial charge in [-0.3, -0.25) is 9.89 Å². The van der Waals surface area contributed by atoms with Gasteiger partial charge >= 0.3 is 6.03 Å². The Morgan fingerprint density at radius 1 is 1.57 bits per heavy atom. The molecule has 0 bridgehead atoms. The normalized spacial score (nSPS) is 17.2. The van der Waals surface area contributed by atoms with Crippen molar-refractivity contribution >= 4 is 18.4 Å². The molecular weight excluding hydrogens is 301 g/mol. The molecule has 0 radical (unpaired) electrons. The molecule has 0 aliphatic carbocycles. The van der Waals surface area contributed by atoms with Crippen LogP contribution in [0.25, 0.3) is 5.70 Å². The van der Waals surface area contributed by atoms with E-state index in [4.69, 9.17) is 4.74 Å². The van der Waals surface area contributed by atoms with E-state index < -0.39 is 17.1 Å². The van der Waals surface area contributed by atoms with Gasteiger partial charge in [-0.25, -0.2) is 9.18 Å². The number of carbonyl (C=O) groups excluding carboxylic acids is 1. The first-order valence-electron chi connectivity index (χ1n) is 7.06. The Bertz CT molecular complexity index is 658. The number of carbonyl (C=O) groups is 1. The van der Waals surface area contributed by atoms with Gasteiger partial charge in [-0.05, 0) is 38.8 Å². The molecule has 0 saturated carbocycles. The molecule has 1 fully saturated rings. The number of rotatable bonds is 3. The van der Waals surface area contributed by atoms with Crippen molar-refractivity contribution in [3.8, 4) is 5.75 Å². The molecule has 1 heterocycles. The molecule has 2 rings (SSSR count). The summed E-state index contributed by atoms with van der Waals surface area (Å²) >= 11 is 0. The number of phenols is 1. The molecule has 1 aliphatic rings.